The summed E-state index contributed by atoms with van der Waals surface area (Å²) >= 11 is 0. The van der Waals surface area contributed by atoms with E-state index in [4.69, 9.17) is 5.73 Å². The highest BCUT2D eigenvalue weighted by atomic mass is 19.1. The van der Waals surface area contributed by atoms with Gasteiger partial charge in [0.25, 0.3) is 0 Å². The Morgan fingerprint density at radius 2 is 1.95 bits per heavy atom. The van der Waals surface area contributed by atoms with Crippen molar-refractivity contribution in [3.8, 4) is 22.5 Å². The summed E-state index contributed by atoms with van der Waals surface area (Å²) in [5.74, 6) is 0.179. The molecule has 3 rings (SSSR count). The largest absolute Gasteiger partial charge is 0.384 e. The van der Waals surface area contributed by atoms with E-state index in [1.165, 1.54) is 6.07 Å². The number of aryl methyl sites for hydroxylation is 1. The van der Waals surface area contributed by atoms with Gasteiger partial charge in [0.1, 0.15) is 11.6 Å². The Hall–Kier alpha value is -2.69. The van der Waals surface area contributed by atoms with Crippen LogP contribution in [0.2, 0.25) is 0 Å². The van der Waals surface area contributed by atoms with Gasteiger partial charge in [-0.05, 0) is 30.3 Å². The monoisotopic (exact) mass is 268 g/mol. The van der Waals surface area contributed by atoms with E-state index in [0.717, 1.165) is 11.3 Å². The third-order valence-corrected chi connectivity index (χ3v) is 3.11. The lowest BCUT2D eigenvalue weighted by Gasteiger charge is -2.00. The van der Waals surface area contributed by atoms with Crippen molar-refractivity contribution >= 4 is 5.82 Å². The molecule has 100 valence electrons. The van der Waals surface area contributed by atoms with Gasteiger partial charge >= 0.3 is 0 Å². The van der Waals surface area contributed by atoms with Crippen LogP contribution in [-0.4, -0.2) is 14.8 Å². The summed E-state index contributed by atoms with van der Waals surface area (Å²) in [7, 11) is 1.82. The van der Waals surface area contributed by atoms with Crippen LogP contribution in [0.3, 0.4) is 0 Å². The Labute approximate surface area is 115 Å². The van der Waals surface area contributed by atoms with Gasteiger partial charge in [-0.25, -0.2) is 9.37 Å². The number of nitrogens with zero attached hydrogens (tertiary/aromatic N) is 3. The first-order chi connectivity index (χ1) is 9.65. The van der Waals surface area contributed by atoms with Crippen LogP contribution in [0, 0.1) is 5.82 Å². The molecule has 4 nitrogen and oxygen atoms in total. The van der Waals surface area contributed by atoms with E-state index in [-0.39, 0.29) is 5.82 Å². The maximum atomic E-state index is 13.8. The molecule has 0 bridgehead atoms. The van der Waals surface area contributed by atoms with E-state index in [2.05, 4.69) is 10.1 Å². The second kappa shape index (κ2) is 4.77. The molecule has 5 heteroatoms. The molecule has 2 N–H and O–H groups in total. The Balaban J connectivity index is 2.08. The van der Waals surface area contributed by atoms with Crippen molar-refractivity contribution in [2.75, 3.05) is 5.73 Å². The first kappa shape index (κ1) is 12.3. The highest BCUT2D eigenvalue weighted by Gasteiger charge is 2.12. The van der Waals surface area contributed by atoms with Crippen molar-refractivity contribution in [2.24, 2.45) is 7.05 Å². The van der Waals surface area contributed by atoms with Crippen molar-refractivity contribution in [2.45, 2.75) is 0 Å². The molecule has 0 radical (unpaired) electrons. The summed E-state index contributed by atoms with van der Waals surface area (Å²) in [5, 5.41) is 4.36. The van der Waals surface area contributed by atoms with Gasteiger partial charge in [0.05, 0.1) is 11.4 Å². The van der Waals surface area contributed by atoms with Crippen LogP contribution in [0.25, 0.3) is 22.5 Å². The van der Waals surface area contributed by atoms with Crippen molar-refractivity contribution in [3.05, 3.63) is 54.5 Å². The standard InChI is InChI=1S/C15H13FN4/c1-20-14(10-6-7-15(17)18-9-10)8-13(19-20)11-4-2-3-5-12(11)16/h2-9H,1H3,(H2,17,18). The van der Waals surface area contributed by atoms with Gasteiger partial charge in [0.15, 0.2) is 0 Å². The van der Waals surface area contributed by atoms with Gasteiger partial charge in [-0.3, -0.25) is 4.68 Å². The van der Waals surface area contributed by atoms with E-state index in [1.807, 2.05) is 19.2 Å². The van der Waals surface area contributed by atoms with Gasteiger partial charge in [-0.1, -0.05) is 12.1 Å². The predicted octanol–water partition coefficient (Wildman–Crippen LogP) is 2.87. The summed E-state index contributed by atoms with van der Waals surface area (Å²) in [4.78, 5) is 4.06. The minimum atomic E-state index is -0.285. The number of nitrogen functional groups attached to an aromatic ring is 1. The van der Waals surface area contributed by atoms with Crippen LogP contribution in [-0.2, 0) is 7.05 Å². The average Bonchev–Trinajstić information content (AvgIpc) is 2.82. The zero-order valence-electron chi connectivity index (χ0n) is 10.9. The lowest BCUT2D eigenvalue weighted by Crippen LogP contribution is -1.95. The van der Waals surface area contributed by atoms with Crippen molar-refractivity contribution in [1.29, 1.82) is 0 Å². The number of rotatable bonds is 2. The quantitative estimate of drug-likeness (QED) is 0.777. The first-order valence-electron chi connectivity index (χ1n) is 6.16. The molecule has 1 aromatic carbocycles. The van der Waals surface area contributed by atoms with Crippen molar-refractivity contribution in [1.82, 2.24) is 14.8 Å². The number of hydrogen-bond acceptors (Lipinski definition) is 3. The fraction of sp³-hybridized carbons (Fsp3) is 0.0667. The number of aromatic nitrogens is 3. The minimum Gasteiger partial charge on any atom is -0.384 e. The van der Waals surface area contributed by atoms with Gasteiger partial charge < -0.3 is 5.73 Å². The molecule has 0 spiro atoms. The molecular formula is C15H13FN4. The summed E-state index contributed by atoms with van der Waals surface area (Å²) in [6.45, 7) is 0. The number of nitrogens with two attached hydrogens (primary N) is 1. The Bertz CT molecular complexity index is 747. The van der Waals surface area contributed by atoms with Crippen LogP contribution in [0.4, 0.5) is 10.2 Å². The van der Waals surface area contributed by atoms with E-state index in [0.29, 0.717) is 17.1 Å². The fourth-order valence-electron chi connectivity index (χ4n) is 2.09. The van der Waals surface area contributed by atoms with E-state index in [9.17, 15) is 4.39 Å². The summed E-state index contributed by atoms with van der Waals surface area (Å²) < 4.78 is 15.5. The van der Waals surface area contributed by atoms with E-state index < -0.39 is 0 Å². The fourth-order valence-corrected chi connectivity index (χ4v) is 2.09. The highest BCUT2D eigenvalue weighted by Crippen LogP contribution is 2.26. The van der Waals surface area contributed by atoms with E-state index in [1.54, 1.807) is 35.1 Å². The molecule has 0 atom stereocenters. The molecule has 0 aliphatic heterocycles. The molecule has 0 fully saturated rings. The Morgan fingerprint density at radius 3 is 2.65 bits per heavy atom. The van der Waals surface area contributed by atoms with E-state index >= 15 is 0 Å². The van der Waals surface area contributed by atoms with Crippen LogP contribution in [0.15, 0.2) is 48.7 Å². The molecule has 2 aromatic heterocycles. The Morgan fingerprint density at radius 1 is 1.15 bits per heavy atom. The summed E-state index contributed by atoms with van der Waals surface area (Å²) in [6.07, 6.45) is 1.68. The van der Waals surface area contributed by atoms with Crippen molar-refractivity contribution in [3.63, 3.8) is 0 Å². The molecule has 0 unspecified atom stereocenters. The average molecular weight is 268 g/mol. The Kier molecular flexibility index (Phi) is 2.95. The van der Waals surface area contributed by atoms with Gasteiger partial charge in [0.2, 0.25) is 0 Å². The number of anilines is 1. The normalized spacial score (nSPS) is 10.7. The van der Waals surface area contributed by atoms with Crippen LogP contribution >= 0.6 is 0 Å². The van der Waals surface area contributed by atoms with Crippen LogP contribution in [0.1, 0.15) is 0 Å². The van der Waals surface area contributed by atoms with Gasteiger partial charge in [0, 0.05) is 24.4 Å². The minimum absolute atomic E-state index is 0.285. The van der Waals surface area contributed by atoms with Gasteiger partial charge in [-0.15, -0.1) is 0 Å². The van der Waals surface area contributed by atoms with Crippen LogP contribution in [0.5, 0.6) is 0 Å². The number of benzene rings is 1. The topological polar surface area (TPSA) is 56.7 Å². The second-order valence-corrected chi connectivity index (χ2v) is 4.49. The molecule has 0 aliphatic carbocycles. The number of halogens is 1. The maximum Gasteiger partial charge on any atom is 0.132 e. The second-order valence-electron chi connectivity index (χ2n) is 4.49. The summed E-state index contributed by atoms with van der Waals surface area (Å²) in [6, 6.07) is 12.0. The molecule has 20 heavy (non-hydrogen) atoms. The maximum absolute atomic E-state index is 13.8. The molecular weight excluding hydrogens is 255 g/mol. The first-order valence-corrected chi connectivity index (χ1v) is 6.16. The predicted molar refractivity (Wildman–Crippen MR) is 76.2 cm³/mol. The highest BCUT2D eigenvalue weighted by molar-refractivity contribution is 5.69. The molecule has 0 saturated carbocycles. The molecule has 2 heterocycles. The lowest BCUT2D eigenvalue weighted by atomic mass is 10.1. The molecule has 3 aromatic rings. The lowest BCUT2D eigenvalue weighted by molar-refractivity contribution is 0.630. The zero-order chi connectivity index (χ0) is 14.1. The molecule has 0 amide bonds. The third-order valence-electron chi connectivity index (χ3n) is 3.11. The zero-order valence-corrected chi connectivity index (χ0v) is 10.9. The SMILES string of the molecule is Cn1nc(-c2ccccc2F)cc1-c1ccc(N)nc1. The molecule has 0 aliphatic rings. The van der Waals surface area contributed by atoms with Crippen LogP contribution < -0.4 is 5.73 Å². The number of pyridine rings is 1. The van der Waals surface area contributed by atoms with Gasteiger partial charge in [-0.2, -0.15) is 5.10 Å². The van der Waals surface area contributed by atoms with Crippen molar-refractivity contribution < 1.29 is 4.39 Å². The third kappa shape index (κ3) is 2.14. The summed E-state index contributed by atoms with van der Waals surface area (Å²) in [5.41, 5.74) is 8.40. The molecule has 0 saturated heterocycles. The number of hydrogen-bond donors (Lipinski definition) is 1. The smallest absolute Gasteiger partial charge is 0.132 e.